The fourth-order valence-electron chi connectivity index (χ4n) is 2.07. The first-order valence-corrected chi connectivity index (χ1v) is 8.46. The molecule has 3 nitrogen and oxygen atoms in total. The summed E-state index contributed by atoms with van der Waals surface area (Å²) in [5.74, 6) is 0.743. The Morgan fingerprint density at radius 2 is 1.88 bits per heavy atom. The molecule has 0 aromatic rings. The maximum atomic E-state index is 12.4. The Kier molecular flexibility index (Phi) is 5.29. The molecule has 0 aromatic carbocycles. The zero-order chi connectivity index (χ0) is 13.1. The second-order valence-electron chi connectivity index (χ2n) is 6.05. The van der Waals surface area contributed by atoms with Gasteiger partial charge < -0.3 is 0 Å². The lowest BCUT2D eigenvalue weighted by molar-refractivity contribution is 0.217. The van der Waals surface area contributed by atoms with E-state index in [9.17, 15) is 8.42 Å². The average Bonchev–Trinajstić information content (AvgIpc) is 2.04. The Balaban J connectivity index is 2.73. The molecule has 102 valence electrons. The first-order chi connectivity index (χ1) is 7.76. The molecule has 1 saturated carbocycles. The highest BCUT2D eigenvalue weighted by Crippen LogP contribution is 2.29. The summed E-state index contributed by atoms with van der Waals surface area (Å²) in [6, 6.07) is 0.227. The summed E-state index contributed by atoms with van der Waals surface area (Å²) in [7, 11) is -3.14. The maximum Gasteiger partial charge on any atom is 0.214 e. The van der Waals surface area contributed by atoms with Crippen molar-refractivity contribution >= 4 is 21.6 Å². The van der Waals surface area contributed by atoms with Gasteiger partial charge in [-0.2, -0.15) is 4.31 Å². The predicted octanol–water partition coefficient (Wildman–Crippen LogP) is 2.85. The van der Waals surface area contributed by atoms with E-state index >= 15 is 0 Å². The van der Waals surface area contributed by atoms with Crippen molar-refractivity contribution in [1.82, 2.24) is 4.31 Å². The van der Waals surface area contributed by atoms with Crippen molar-refractivity contribution in [3.8, 4) is 0 Å². The van der Waals surface area contributed by atoms with E-state index in [1.807, 2.05) is 20.8 Å². The fourth-order valence-corrected chi connectivity index (χ4v) is 4.52. The van der Waals surface area contributed by atoms with Gasteiger partial charge in [-0.05, 0) is 24.7 Å². The van der Waals surface area contributed by atoms with Crippen LogP contribution in [-0.4, -0.2) is 36.9 Å². The number of hydrogen-bond acceptors (Lipinski definition) is 2. The smallest absolute Gasteiger partial charge is 0.212 e. The number of halogens is 1. The average molecular weight is 282 g/mol. The zero-order valence-electron chi connectivity index (χ0n) is 11.1. The van der Waals surface area contributed by atoms with Gasteiger partial charge in [-0.1, -0.05) is 27.2 Å². The van der Waals surface area contributed by atoms with Crippen molar-refractivity contribution < 1.29 is 8.42 Å². The van der Waals surface area contributed by atoms with E-state index in [0.29, 0.717) is 12.4 Å². The number of sulfonamides is 1. The van der Waals surface area contributed by atoms with Crippen molar-refractivity contribution in [2.75, 3.05) is 18.2 Å². The minimum Gasteiger partial charge on any atom is -0.212 e. The SMILES string of the molecule is CC(C)(C)CS(=O)(=O)N(CCCCl)C1CCC1. The van der Waals surface area contributed by atoms with Gasteiger partial charge in [-0.3, -0.25) is 0 Å². The second kappa shape index (κ2) is 5.89. The molecule has 1 aliphatic carbocycles. The van der Waals surface area contributed by atoms with Crippen molar-refractivity contribution in [3.63, 3.8) is 0 Å². The lowest BCUT2D eigenvalue weighted by Crippen LogP contribution is -2.47. The van der Waals surface area contributed by atoms with Crippen molar-refractivity contribution in [1.29, 1.82) is 0 Å². The molecule has 1 aliphatic rings. The lowest BCUT2D eigenvalue weighted by Gasteiger charge is -2.37. The summed E-state index contributed by atoms with van der Waals surface area (Å²) >= 11 is 5.67. The molecule has 0 atom stereocenters. The Morgan fingerprint density at radius 3 is 2.24 bits per heavy atom. The fraction of sp³-hybridized carbons (Fsp3) is 1.00. The molecule has 0 aromatic heterocycles. The summed E-state index contributed by atoms with van der Waals surface area (Å²) in [6.07, 6.45) is 3.89. The molecule has 17 heavy (non-hydrogen) atoms. The molecule has 1 rings (SSSR count). The van der Waals surface area contributed by atoms with E-state index in [-0.39, 0.29) is 17.2 Å². The first kappa shape index (κ1) is 15.3. The Hall–Kier alpha value is 0.200. The highest BCUT2D eigenvalue weighted by molar-refractivity contribution is 7.89. The summed E-state index contributed by atoms with van der Waals surface area (Å²) in [6.45, 7) is 6.47. The molecule has 0 heterocycles. The van der Waals surface area contributed by atoms with Crippen LogP contribution in [-0.2, 0) is 10.0 Å². The van der Waals surface area contributed by atoms with Crippen LogP contribution in [0.5, 0.6) is 0 Å². The minimum absolute atomic E-state index is 0.193. The highest BCUT2D eigenvalue weighted by Gasteiger charge is 2.35. The van der Waals surface area contributed by atoms with E-state index in [0.717, 1.165) is 25.7 Å². The van der Waals surface area contributed by atoms with Gasteiger partial charge in [0.25, 0.3) is 0 Å². The molecule has 0 spiro atoms. The van der Waals surface area contributed by atoms with E-state index < -0.39 is 10.0 Å². The molecule has 0 N–H and O–H groups in total. The van der Waals surface area contributed by atoms with Crippen LogP contribution in [0.3, 0.4) is 0 Å². The highest BCUT2D eigenvalue weighted by atomic mass is 35.5. The standard InChI is InChI=1S/C12H24ClNO2S/c1-12(2,3)10-17(15,16)14(9-5-8-13)11-6-4-7-11/h11H,4-10H2,1-3H3. The normalized spacial score (nSPS) is 18.4. The molecule has 5 heteroatoms. The number of alkyl halides is 1. The van der Waals surface area contributed by atoms with E-state index in [1.165, 1.54) is 0 Å². The van der Waals surface area contributed by atoms with Crippen LogP contribution >= 0.6 is 11.6 Å². The van der Waals surface area contributed by atoms with Gasteiger partial charge in [0.05, 0.1) is 5.75 Å². The van der Waals surface area contributed by atoms with Gasteiger partial charge in [-0.25, -0.2) is 8.42 Å². The molecule has 0 saturated heterocycles. The van der Waals surface area contributed by atoms with Gasteiger partial charge >= 0.3 is 0 Å². The Labute approximate surface area is 111 Å². The van der Waals surface area contributed by atoms with Gasteiger partial charge in [0, 0.05) is 18.5 Å². The third-order valence-corrected chi connectivity index (χ3v) is 5.66. The molecule has 0 bridgehead atoms. The molecular weight excluding hydrogens is 258 g/mol. The van der Waals surface area contributed by atoms with E-state index in [4.69, 9.17) is 11.6 Å². The lowest BCUT2D eigenvalue weighted by atomic mass is 9.93. The van der Waals surface area contributed by atoms with Gasteiger partial charge in [0.15, 0.2) is 0 Å². The maximum absolute atomic E-state index is 12.4. The van der Waals surface area contributed by atoms with Crippen LogP contribution in [0.4, 0.5) is 0 Å². The topological polar surface area (TPSA) is 37.4 Å². The first-order valence-electron chi connectivity index (χ1n) is 6.32. The second-order valence-corrected chi connectivity index (χ2v) is 8.35. The molecule has 0 radical (unpaired) electrons. The van der Waals surface area contributed by atoms with Crippen molar-refractivity contribution in [2.24, 2.45) is 5.41 Å². The quantitative estimate of drug-likeness (QED) is 0.702. The van der Waals surface area contributed by atoms with E-state index in [1.54, 1.807) is 4.31 Å². The van der Waals surface area contributed by atoms with Crippen molar-refractivity contribution in [2.45, 2.75) is 52.5 Å². The third kappa shape index (κ3) is 4.76. The molecule has 0 unspecified atom stereocenters. The summed E-state index contributed by atoms with van der Waals surface area (Å²) < 4.78 is 26.4. The number of rotatable bonds is 6. The Bertz CT molecular complexity index is 331. The number of hydrogen-bond donors (Lipinski definition) is 0. The van der Waals surface area contributed by atoms with Gasteiger partial charge in [-0.15, -0.1) is 11.6 Å². The molecule has 0 amide bonds. The van der Waals surface area contributed by atoms with Crippen LogP contribution in [0.25, 0.3) is 0 Å². The molecular formula is C12H24ClNO2S. The zero-order valence-corrected chi connectivity index (χ0v) is 12.6. The largest absolute Gasteiger partial charge is 0.214 e. The van der Waals surface area contributed by atoms with Gasteiger partial charge in [0.1, 0.15) is 0 Å². The molecule has 1 fully saturated rings. The van der Waals surface area contributed by atoms with Crippen LogP contribution in [0.1, 0.15) is 46.5 Å². The van der Waals surface area contributed by atoms with Crippen LogP contribution < -0.4 is 0 Å². The van der Waals surface area contributed by atoms with Crippen molar-refractivity contribution in [3.05, 3.63) is 0 Å². The third-order valence-electron chi connectivity index (χ3n) is 2.97. The Morgan fingerprint density at radius 1 is 1.29 bits per heavy atom. The molecule has 0 aliphatic heterocycles. The summed E-state index contributed by atoms with van der Waals surface area (Å²) in [5.41, 5.74) is -0.193. The van der Waals surface area contributed by atoms with Crippen LogP contribution in [0.2, 0.25) is 0 Å². The monoisotopic (exact) mass is 281 g/mol. The van der Waals surface area contributed by atoms with E-state index in [2.05, 4.69) is 0 Å². The number of nitrogens with zero attached hydrogens (tertiary/aromatic N) is 1. The summed E-state index contributed by atoms with van der Waals surface area (Å²) in [4.78, 5) is 0. The van der Waals surface area contributed by atoms with Crippen LogP contribution in [0.15, 0.2) is 0 Å². The summed E-state index contributed by atoms with van der Waals surface area (Å²) in [5, 5.41) is 0. The van der Waals surface area contributed by atoms with Gasteiger partial charge in [0.2, 0.25) is 10.0 Å². The van der Waals surface area contributed by atoms with Crippen LogP contribution in [0, 0.1) is 5.41 Å². The predicted molar refractivity (Wildman–Crippen MR) is 72.9 cm³/mol. The minimum atomic E-state index is -3.14.